The number of carbonyl (C=O) groups is 6. The lowest BCUT2D eigenvalue weighted by molar-refractivity contribution is -0.346. The predicted octanol–water partition coefficient (Wildman–Crippen LogP) is 4.14. The van der Waals surface area contributed by atoms with Crippen LogP contribution >= 0.6 is 11.8 Å². The number of nitrogens with one attached hydrogen (secondary N) is 1. The lowest BCUT2D eigenvalue weighted by Gasteiger charge is -2.67. The van der Waals surface area contributed by atoms with Crippen LogP contribution in [0.3, 0.4) is 0 Å². The van der Waals surface area contributed by atoms with Gasteiger partial charge in [0, 0.05) is 36.9 Å². The highest BCUT2D eigenvalue weighted by molar-refractivity contribution is 8.14. The predicted molar refractivity (Wildman–Crippen MR) is 212 cm³/mol. The Morgan fingerprint density at radius 1 is 0.967 bits per heavy atom. The molecule has 3 fully saturated rings. The van der Waals surface area contributed by atoms with Gasteiger partial charge in [0.25, 0.3) is 5.24 Å². The number of rotatable bonds is 9. The minimum Gasteiger partial charge on any atom is -0.467 e. The SMILES string of the molecule is CC(=O)O[C@H]1C(=O)[C@@]2(C)[C@H]([C@H](OC(=O)c3ccccc3)[C@]3(O)C[C@H](OC(=O)[C@H](O)[C@@H](NC(=O)SC(C)(C)C)c4ccco4)C(C)=C1C3(C)C)C1(OC(C)=O)CO[C@@H]1C[C@@H]2O. The summed E-state index contributed by atoms with van der Waals surface area (Å²) in [6.07, 6.45) is -9.29. The van der Waals surface area contributed by atoms with E-state index in [1.54, 1.807) is 52.8 Å². The van der Waals surface area contributed by atoms with Crippen LogP contribution in [-0.4, -0.2) is 109 Å². The summed E-state index contributed by atoms with van der Waals surface area (Å²) in [6.45, 7) is 13.3. The third-order valence-electron chi connectivity index (χ3n) is 12.5. The van der Waals surface area contributed by atoms with Crippen molar-refractivity contribution in [3.05, 3.63) is 71.2 Å². The Morgan fingerprint density at radius 2 is 1.63 bits per heavy atom. The van der Waals surface area contributed by atoms with E-state index in [-0.39, 0.29) is 35.5 Å². The van der Waals surface area contributed by atoms with Gasteiger partial charge in [0.15, 0.2) is 23.6 Å². The second-order valence-electron chi connectivity index (χ2n) is 17.8. The van der Waals surface area contributed by atoms with Gasteiger partial charge in [-0.3, -0.25) is 19.2 Å². The lowest BCUT2D eigenvalue weighted by Crippen LogP contribution is -2.82. The summed E-state index contributed by atoms with van der Waals surface area (Å²) in [6, 6.07) is 9.34. The standard InChI is InChI=1S/C43H53NO15S/c1-21-26(57-37(51)31(48)30(25-16-13-17-54-25)44-38(52)60-39(4,5)6)19-43(53)35(58-36(50)24-14-11-10-12-15-24)33-41(9,27(47)18-28-42(33,20-55-28)59-23(3)46)34(49)32(56-22(2)45)29(21)40(43,7)8/h10-17,26-28,30-33,35,47-48,53H,18-20H2,1-9H3,(H,44,52)/t26-,27-,28+,30-,31+,32+,33-,35-,41+,42?,43+/m0/s1. The van der Waals surface area contributed by atoms with Crippen LogP contribution in [0, 0.1) is 16.7 Å². The maximum absolute atomic E-state index is 15.4. The third kappa shape index (κ3) is 7.67. The van der Waals surface area contributed by atoms with Crippen molar-refractivity contribution in [1.29, 1.82) is 0 Å². The quantitative estimate of drug-likeness (QED) is 0.158. The van der Waals surface area contributed by atoms with Crippen molar-refractivity contribution < 1.29 is 72.2 Å². The Hall–Kier alpha value is -4.55. The summed E-state index contributed by atoms with van der Waals surface area (Å²) < 4.78 is 35.1. The van der Waals surface area contributed by atoms with Crippen LogP contribution in [0.25, 0.3) is 0 Å². The fraction of sp³-hybridized carbons (Fsp3) is 0.581. The van der Waals surface area contributed by atoms with Crippen LogP contribution in [0.4, 0.5) is 4.79 Å². The van der Waals surface area contributed by atoms with Crippen molar-refractivity contribution in [2.45, 2.75) is 134 Å². The van der Waals surface area contributed by atoms with Gasteiger partial charge < -0.3 is 48.7 Å². The lowest BCUT2D eigenvalue weighted by atomic mass is 9.44. The molecule has 1 aromatic carbocycles. The molecule has 2 saturated carbocycles. The van der Waals surface area contributed by atoms with Crippen molar-refractivity contribution in [1.82, 2.24) is 5.32 Å². The van der Waals surface area contributed by atoms with Crippen LogP contribution < -0.4 is 5.32 Å². The van der Waals surface area contributed by atoms with Crippen LogP contribution in [0.5, 0.6) is 0 Å². The smallest absolute Gasteiger partial charge is 0.338 e. The number of ketones is 1. The highest BCUT2D eigenvalue weighted by Gasteiger charge is 2.78. The number of Topliss-reactive ketones (excluding diaryl/α,β-unsaturated/α-hetero) is 1. The van der Waals surface area contributed by atoms with Crippen molar-refractivity contribution in [3.63, 3.8) is 0 Å². The zero-order valence-corrected chi connectivity index (χ0v) is 35.8. The normalized spacial score (nSPS) is 33.0. The van der Waals surface area contributed by atoms with Crippen LogP contribution in [0.15, 0.2) is 64.3 Å². The average molecular weight is 856 g/mol. The van der Waals surface area contributed by atoms with Crippen LogP contribution in [-0.2, 0) is 42.9 Å². The fourth-order valence-electron chi connectivity index (χ4n) is 9.57. The molecule has 2 aromatic rings. The molecule has 1 aliphatic heterocycles. The van der Waals surface area contributed by atoms with Gasteiger partial charge in [-0.2, -0.15) is 0 Å². The number of amides is 1. The number of carbonyl (C=O) groups excluding carboxylic acids is 6. The highest BCUT2D eigenvalue weighted by Crippen LogP contribution is 2.64. The summed E-state index contributed by atoms with van der Waals surface area (Å²) in [7, 11) is 0. The van der Waals surface area contributed by atoms with Gasteiger partial charge in [-0.1, -0.05) is 64.6 Å². The molecule has 2 heterocycles. The van der Waals surface area contributed by atoms with Crippen molar-refractivity contribution in [2.75, 3.05) is 6.61 Å². The molecule has 60 heavy (non-hydrogen) atoms. The molecule has 326 valence electrons. The maximum Gasteiger partial charge on any atom is 0.338 e. The van der Waals surface area contributed by atoms with Gasteiger partial charge in [0.05, 0.1) is 35.9 Å². The van der Waals surface area contributed by atoms with E-state index in [1.807, 2.05) is 0 Å². The summed E-state index contributed by atoms with van der Waals surface area (Å²) in [5.41, 5.74) is -7.67. The average Bonchev–Trinajstić information content (AvgIpc) is 3.69. The number of hydrogen-bond acceptors (Lipinski definition) is 16. The molecule has 4 aliphatic rings. The van der Waals surface area contributed by atoms with E-state index in [2.05, 4.69) is 5.32 Å². The molecular weight excluding hydrogens is 803 g/mol. The van der Waals surface area contributed by atoms with Crippen LogP contribution in [0.1, 0.15) is 97.3 Å². The minimum atomic E-state index is -2.39. The zero-order valence-electron chi connectivity index (χ0n) is 35.0. The molecule has 0 radical (unpaired) electrons. The summed E-state index contributed by atoms with van der Waals surface area (Å²) in [4.78, 5) is 82.7. The number of benzene rings is 1. The van der Waals surface area contributed by atoms with E-state index in [0.29, 0.717) is 0 Å². The van der Waals surface area contributed by atoms with Gasteiger partial charge in [0.2, 0.25) is 0 Å². The van der Waals surface area contributed by atoms with Crippen molar-refractivity contribution >= 4 is 46.7 Å². The molecule has 3 aliphatic carbocycles. The fourth-order valence-corrected chi connectivity index (χ4v) is 10.3. The molecule has 6 rings (SSSR count). The molecule has 1 unspecified atom stereocenters. The van der Waals surface area contributed by atoms with E-state index < -0.39 is 117 Å². The van der Waals surface area contributed by atoms with E-state index in [4.69, 9.17) is 28.1 Å². The Morgan fingerprint density at radius 3 is 2.18 bits per heavy atom. The Balaban J connectivity index is 1.54. The first-order valence-electron chi connectivity index (χ1n) is 19.7. The summed E-state index contributed by atoms with van der Waals surface area (Å²) in [5, 5.41) is 39.3. The molecule has 2 bridgehead atoms. The number of thioether (sulfide) groups is 1. The zero-order chi connectivity index (χ0) is 44.3. The first-order valence-corrected chi connectivity index (χ1v) is 20.5. The van der Waals surface area contributed by atoms with Gasteiger partial charge in [0.1, 0.15) is 35.7 Å². The first-order chi connectivity index (χ1) is 27.9. The molecule has 1 amide bonds. The maximum atomic E-state index is 15.4. The molecule has 4 N–H and O–H groups in total. The minimum absolute atomic E-state index is 0.0117. The molecule has 16 nitrogen and oxygen atoms in total. The van der Waals surface area contributed by atoms with Crippen molar-refractivity contribution in [2.24, 2.45) is 16.7 Å². The van der Waals surface area contributed by atoms with E-state index in [9.17, 15) is 39.3 Å². The molecule has 17 heteroatoms. The van der Waals surface area contributed by atoms with Gasteiger partial charge in [-0.15, -0.1) is 0 Å². The van der Waals surface area contributed by atoms with E-state index >= 15 is 4.79 Å². The monoisotopic (exact) mass is 855 g/mol. The molecule has 11 atom stereocenters. The Bertz CT molecular complexity index is 2060. The topological polar surface area (TPSA) is 234 Å². The Labute approximate surface area is 351 Å². The summed E-state index contributed by atoms with van der Waals surface area (Å²) >= 11 is 0.920. The van der Waals surface area contributed by atoms with Gasteiger partial charge in [-0.05, 0) is 49.3 Å². The molecular formula is C43H53NO15S. The first kappa shape index (κ1) is 45.0. The van der Waals surface area contributed by atoms with E-state index in [0.717, 1.165) is 25.6 Å². The third-order valence-corrected chi connectivity index (χ3v) is 13.4. The number of aliphatic hydroxyl groups is 3. The van der Waals surface area contributed by atoms with Crippen molar-refractivity contribution in [3.8, 4) is 0 Å². The number of hydrogen-bond donors (Lipinski definition) is 4. The van der Waals surface area contributed by atoms with Gasteiger partial charge >= 0.3 is 23.9 Å². The molecule has 1 saturated heterocycles. The number of furan rings is 1. The number of aliphatic hydroxyl groups excluding tert-OH is 2. The van der Waals surface area contributed by atoms with Crippen LogP contribution in [0.2, 0.25) is 0 Å². The molecule has 0 spiro atoms. The second-order valence-corrected chi connectivity index (χ2v) is 19.6. The molecule has 1 aromatic heterocycles. The second kappa shape index (κ2) is 16.0. The number of esters is 4. The van der Waals surface area contributed by atoms with E-state index in [1.165, 1.54) is 44.4 Å². The number of fused-ring (bicyclic) bond motifs is 5. The highest BCUT2D eigenvalue weighted by atomic mass is 32.2. The largest absolute Gasteiger partial charge is 0.467 e. The van der Waals surface area contributed by atoms with Gasteiger partial charge in [-0.25, -0.2) is 9.59 Å². The number of ether oxygens (including phenoxy) is 5. The Kier molecular flexibility index (Phi) is 12.0. The summed E-state index contributed by atoms with van der Waals surface area (Å²) in [5.74, 6) is -6.27.